The van der Waals surface area contributed by atoms with Gasteiger partial charge in [-0.25, -0.2) is 13.2 Å². The van der Waals surface area contributed by atoms with Crippen LogP contribution in [0.3, 0.4) is 0 Å². The summed E-state index contributed by atoms with van der Waals surface area (Å²) < 4.78 is 39.9. The Balaban J connectivity index is 2.18. The Morgan fingerprint density at radius 2 is 2.11 bits per heavy atom. The third-order valence-corrected chi connectivity index (χ3v) is 3.49. The van der Waals surface area contributed by atoms with Gasteiger partial charge in [0.15, 0.2) is 0 Å². The number of alkyl halides is 2. The van der Waals surface area contributed by atoms with Gasteiger partial charge in [0.1, 0.15) is 5.82 Å². The third-order valence-electron chi connectivity index (χ3n) is 2.85. The molecule has 2 rings (SSSR count). The van der Waals surface area contributed by atoms with Gasteiger partial charge in [-0.2, -0.15) is 0 Å². The number of nitrogens with zero attached hydrogens (tertiary/aromatic N) is 1. The lowest BCUT2D eigenvalue weighted by molar-refractivity contribution is -0.0560. The van der Waals surface area contributed by atoms with Crippen molar-refractivity contribution in [2.75, 3.05) is 13.1 Å². The van der Waals surface area contributed by atoms with Gasteiger partial charge >= 0.3 is 0 Å². The van der Waals surface area contributed by atoms with E-state index in [1.54, 1.807) is 0 Å². The van der Waals surface area contributed by atoms with Crippen molar-refractivity contribution in [3.63, 3.8) is 0 Å². The van der Waals surface area contributed by atoms with Gasteiger partial charge in [0, 0.05) is 18.5 Å². The molecule has 0 radical (unpaired) electrons. The van der Waals surface area contributed by atoms with Gasteiger partial charge < -0.3 is 4.90 Å². The Bertz CT molecular complexity index is 478. The Labute approximate surface area is 111 Å². The topological polar surface area (TPSA) is 20.3 Å². The standard InChI is InChI=1S/C12H11BrF3NO/c13-9-3-2-8(6-10(9)14)11(18)17-5-1-4-12(15,16)7-17/h2-3,6H,1,4-5,7H2. The monoisotopic (exact) mass is 321 g/mol. The van der Waals surface area contributed by atoms with Gasteiger partial charge in [0.05, 0.1) is 11.0 Å². The van der Waals surface area contributed by atoms with Crippen LogP contribution in [-0.2, 0) is 0 Å². The minimum atomic E-state index is -2.85. The van der Waals surface area contributed by atoms with E-state index in [9.17, 15) is 18.0 Å². The van der Waals surface area contributed by atoms with Crippen LogP contribution < -0.4 is 0 Å². The Hall–Kier alpha value is -1.04. The first kappa shape index (κ1) is 13.4. The molecule has 1 fully saturated rings. The second-order valence-corrected chi connectivity index (χ2v) is 5.17. The molecule has 0 atom stereocenters. The van der Waals surface area contributed by atoms with Gasteiger partial charge in [-0.15, -0.1) is 0 Å². The van der Waals surface area contributed by atoms with E-state index in [4.69, 9.17) is 0 Å². The second kappa shape index (κ2) is 4.91. The van der Waals surface area contributed by atoms with Crippen molar-refractivity contribution in [3.8, 4) is 0 Å². The predicted octanol–water partition coefficient (Wildman–Crippen LogP) is 3.46. The number of carbonyl (C=O) groups is 1. The molecule has 2 nitrogen and oxygen atoms in total. The number of hydrogen-bond acceptors (Lipinski definition) is 1. The summed E-state index contributed by atoms with van der Waals surface area (Å²) in [6.07, 6.45) is 0.0588. The van der Waals surface area contributed by atoms with Crippen molar-refractivity contribution in [2.45, 2.75) is 18.8 Å². The van der Waals surface area contributed by atoms with Gasteiger partial charge in [0.2, 0.25) is 0 Å². The molecule has 0 saturated carbocycles. The SMILES string of the molecule is O=C(c1ccc(Br)c(F)c1)N1CCCC(F)(F)C1. The highest BCUT2D eigenvalue weighted by molar-refractivity contribution is 9.10. The molecule has 0 unspecified atom stereocenters. The number of carbonyl (C=O) groups excluding carboxylic acids is 1. The zero-order chi connectivity index (χ0) is 13.3. The number of piperidine rings is 1. The summed E-state index contributed by atoms with van der Waals surface area (Å²) in [7, 11) is 0. The molecule has 1 aliphatic heterocycles. The van der Waals surface area contributed by atoms with Crippen LogP contribution in [0.4, 0.5) is 13.2 Å². The van der Waals surface area contributed by atoms with Crippen molar-refractivity contribution in [1.82, 2.24) is 4.90 Å². The molecule has 0 bridgehead atoms. The number of amides is 1. The van der Waals surface area contributed by atoms with Crippen LogP contribution >= 0.6 is 15.9 Å². The molecular weight excluding hydrogens is 311 g/mol. The molecule has 18 heavy (non-hydrogen) atoms. The summed E-state index contributed by atoms with van der Waals surface area (Å²) in [6, 6.07) is 3.87. The molecule has 1 aliphatic rings. The van der Waals surface area contributed by atoms with E-state index >= 15 is 0 Å². The Morgan fingerprint density at radius 3 is 2.72 bits per heavy atom. The van der Waals surface area contributed by atoms with E-state index in [1.807, 2.05) is 0 Å². The van der Waals surface area contributed by atoms with Crippen molar-refractivity contribution in [3.05, 3.63) is 34.1 Å². The highest BCUT2D eigenvalue weighted by atomic mass is 79.9. The van der Waals surface area contributed by atoms with Crippen LogP contribution in [0.15, 0.2) is 22.7 Å². The molecule has 1 heterocycles. The highest BCUT2D eigenvalue weighted by Gasteiger charge is 2.37. The molecule has 1 aromatic rings. The zero-order valence-electron chi connectivity index (χ0n) is 9.43. The molecule has 1 amide bonds. The molecule has 1 saturated heterocycles. The molecular formula is C12H11BrF3NO. The average molecular weight is 322 g/mol. The number of halogens is 4. The normalized spacial score (nSPS) is 18.8. The number of hydrogen-bond donors (Lipinski definition) is 0. The minimum Gasteiger partial charge on any atom is -0.333 e. The molecule has 0 aromatic heterocycles. The first-order valence-electron chi connectivity index (χ1n) is 5.51. The van der Waals surface area contributed by atoms with E-state index < -0.39 is 24.2 Å². The summed E-state index contributed by atoms with van der Waals surface area (Å²) in [5.41, 5.74) is 0.0911. The lowest BCUT2D eigenvalue weighted by atomic mass is 10.1. The number of likely N-dealkylation sites (tertiary alicyclic amines) is 1. The Morgan fingerprint density at radius 1 is 1.39 bits per heavy atom. The van der Waals surface area contributed by atoms with Gasteiger partial charge in [0.25, 0.3) is 11.8 Å². The van der Waals surface area contributed by atoms with Crippen LogP contribution in [0.1, 0.15) is 23.2 Å². The first-order valence-corrected chi connectivity index (χ1v) is 6.30. The third kappa shape index (κ3) is 2.85. The fraction of sp³-hybridized carbons (Fsp3) is 0.417. The van der Waals surface area contributed by atoms with Crippen LogP contribution in [0.5, 0.6) is 0 Å². The maximum absolute atomic E-state index is 13.3. The predicted molar refractivity (Wildman–Crippen MR) is 64.2 cm³/mol. The fourth-order valence-corrected chi connectivity index (χ4v) is 2.20. The summed E-state index contributed by atoms with van der Waals surface area (Å²) in [5.74, 6) is -3.98. The summed E-state index contributed by atoms with van der Waals surface area (Å²) in [6.45, 7) is -0.310. The van der Waals surface area contributed by atoms with Crippen molar-refractivity contribution < 1.29 is 18.0 Å². The molecule has 1 aromatic carbocycles. The lowest BCUT2D eigenvalue weighted by Crippen LogP contribution is -2.45. The summed E-state index contributed by atoms with van der Waals surface area (Å²) >= 11 is 2.97. The van der Waals surface area contributed by atoms with Gasteiger partial charge in [-0.05, 0) is 40.5 Å². The van der Waals surface area contributed by atoms with Crippen molar-refractivity contribution in [1.29, 1.82) is 0 Å². The van der Waals surface area contributed by atoms with E-state index in [1.165, 1.54) is 12.1 Å². The molecule has 0 aliphatic carbocycles. The van der Waals surface area contributed by atoms with Crippen LogP contribution in [0, 0.1) is 5.82 Å². The van der Waals surface area contributed by atoms with Gasteiger partial charge in [-0.1, -0.05) is 0 Å². The van der Waals surface area contributed by atoms with Gasteiger partial charge in [-0.3, -0.25) is 4.79 Å². The molecule has 98 valence electrons. The minimum absolute atomic E-state index is 0.0911. The van der Waals surface area contributed by atoms with Crippen molar-refractivity contribution in [2.24, 2.45) is 0 Å². The maximum atomic E-state index is 13.3. The number of benzene rings is 1. The van der Waals surface area contributed by atoms with E-state index in [0.29, 0.717) is 0 Å². The smallest absolute Gasteiger partial charge is 0.265 e. The highest BCUT2D eigenvalue weighted by Crippen LogP contribution is 2.27. The quantitative estimate of drug-likeness (QED) is 0.775. The van der Waals surface area contributed by atoms with Crippen LogP contribution in [0.25, 0.3) is 0 Å². The van der Waals surface area contributed by atoms with Crippen LogP contribution in [-0.4, -0.2) is 29.8 Å². The fourth-order valence-electron chi connectivity index (χ4n) is 1.95. The van der Waals surface area contributed by atoms with E-state index in [2.05, 4.69) is 15.9 Å². The Kier molecular flexibility index (Phi) is 3.66. The maximum Gasteiger partial charge on any atom is 0.265 e. The van der Waals surface area contributed by atoms with Crippen LogP contribution in [0.2, 0.25) is 0 Å². The second-order valence-electron chi connectivity index (χ2n) is 4.32. The summed E-state index contributed by atoms with van der Waals surface area (Å²) in [4.78, 5) is 13.0. The van der Waals surface area contributed by atoms with E-state index in [0.717, 1.165) is 11.0 Å². The molecule has 6 heteroatoms. The molecule has 0 spiro atoms. The molecule has 0 N–H and O–H groups in total. The number of rotatable bonds is 1. The van der Waals surface area contributed by atoms with Crippen molar-refractivity contribution >= 4 is 21.8 Å². The summed E-state index contributed by atoms with van der Waals surface area (Å²) in [5, 5.41) is 0. The lowest BCUT2D eigenvalue weighted by Gasteiger charge is -2.32. The van der Waals surface area contributed by atoms with E-state index in [-0.39, 0.29) is 29.4 Å². The zero-order valence-corrected chi connectivity index (χ0v) is 11.0. The largest absolute Gasteiger partial charge is 0.333 e. The average Bonchev–Trinajstić information content (AvgIpc) is 2.30. The first-order chi connectivity index (χ1) is 8.39.